The number of alkyl halides is 2. The summed E-state index contributed by atoms with van der Waals surface area (Å²) in [6, 6.07) is 6.48. The minimum atomic E-state index is -2.77. The number of piperidine rings is 1. The molecular formula is C28H37F2N3O4. The third kappa shape index (κ3) is 4.99. The van der Waals surface area contributed by atoms with Crippen LogP contribution in [0.4, 0.5) is 8.78 Å². The zero-order valence-corrected chi connectivity index (χ0v) is 21.6. The van der Waals surface area contributed by atoms with Crippen molar-refractivity contribution in [3.8, 4) is 0 Å². The standard InChI is InChI=1S/C28H37F2N3O4/c1-26(2,33-9-3-8-28(29,30)16-33)24(36)32-22-20-10-18-11-21(22)14-27(12-18,13-20)25(37)31-15-17-4-6-19(7-5-17)23(34)35/h4-7,18,20-22H,3,8-16H2,1-2H3,(H,31,37)(H,32,36)(H,34,35). The Morgan fingerprint density at radius 1 is 1.08 bits per heavy atom. The highest BCUT2D eigenvalue weighted by atomic mass is 19.3. The van der Waals surface area contributed by atoms with Gasteiger partial charge in [0.05, 0.1) is 23.1 Å². The zero-order valence-electron chi connectivity index (χ0n) is 21.6. The van der Waals surface area contributed by atoms with E-state index in [1.807, 2.05) is 0 Å². The van der Waals surface area contributed by atoms with Crippen LogP contribution in [0.25, 0.3) is 0 Å². The van der Waals surface area contributed by atoms with E-state index in [1.165, 1.54) is 12.1 Å². The fraction of sp³-hybridized carbons (Fsp3) is 0.679. The van der Waals surface area contributed by atoms with E-state index in [2.05, 4.69) is 10.6 Å². The van der Waals surface area contributed by atoms with Gasteiger partial charge in [-0.3, -0.25) is 14.5 Å². The van der Waals surface area contributed by atoms with Crippen LogP contribution in [-0.2, 0) is 16.1 Å². The van der Waals surface area contributed by atoms with Crippen LogP contribution in [-0.4, -0.2) is 58.4 Å². The van der Waals surface area contributed by atoms with E-state index in [4.69, 9.17) is 5.11 Å². The molecule has 2 amide bonds. The Balaban J connectivity index is 1.22. The van der Waals surface area contributed by atoms with Crippen molar-refractivity contribution in [3.63, 3.8) is 0 Å². The minimum absolute atomic E-state index is 0.0295. The predicted octanol–water partition coefficient (Wildman–Crippen LogP) is 3.82. The quantitative estimate of drug-likeness (QED) is 0.511. The molecule has 1 saturated heterocycles. The Kier molecular flexibility index (Phi) is 6.57. The predicted molar refractivity (Wildman–Crippen MR) is 133 cm³/mol. The van der Waals surface area contributed by atoms with Crippen molar-refractivity contribution in [1.29, 1.82) is 0 Å². The highest BCUT2D eigenvalue weighted by Crippen LogP contribution is 2.60. The second kappa shape index (κ2) is 9.33. The molecule has 6 rings (SSSR count). The van der Waals surface area contributed by atoms with Crippen LogP contribution in [0.3, 0.4) is 0 Å². The Labute approximate surface area is 216 Å². The van der Waals surface area contributed by atoms with Gasteiger partial charge in [-0.25, -0.2) is 13.6 Å². The van der Waals surface area contributed by atoms with E-state index in [0.29, 0.717) is 25.4 Å². The van der Waals surface area contributed by atoms with Crippen LogP contribution >= 0.6 is 0 Å². The van der Waals surface area contributed by atoms with Crippen LogP contribution < -0.4 is 10.6 Å². The molecule has 37 heavy (non-hydrogen) atoms. The molecule has 1 aromatic rings. The van der Waals surface area contributed by atoms with Crippen LogP contribution in [0.15, 0.2) is 24.3 Å². The molecule has 5 aliphatic rings. The van der Waals surface area contributed by atoms with Gasteiger partial charge in [0.15, 0.2) is 0 Å². The molecule has 4 aliphatic carbocycles. The van der Waals surface area contributed by atoms with Crippen molar-refractivity contribution in [2.24, 2.45) is 23.2 Å². The largest absolute Gasteiger partial charge is 0.478 e. The van der Waals surface area contributed by atoms with Gasteiger partial charge in [0.2, 0.25) is 11.8 Å². The number of carboxylic acid groups (broad SMARTS) is 1. The lowest BCUT2D eigenvalue weighted by Gasteiger charge is -2.59. The molecule has 0 radical (unpaired) electrons. The van der Waals surface area contributed by atoms with Crippen LogP contribution in [0.5, 0.6) is 0 Å². The van der Waals surface area contributed by atoms with Crippen molar-refractivity contribution in [3.05, 3.63) is 35.4 Å². The number of hydrogen-bond donors (Lipinski definition) is 3. The molecule has 1 aromatic carbocycles. The number of carboxylic acids is 1. The molecule has 2 unspecified atom stereocenters. The number of halogens is 2. The van der Waals surface area contributed by atoms with Gasteiger partial charge in [0, 0.05) is 19.0 Å². The number of aromatic carboxylic acids is 1. The van der Waals surface area contributed by atoms with Crippen molar-refractivity contribution >= 4 is 17.8 Å². The summed E-state index contributed by atoms with van der Waals surface area (Å²) in [4.78, 5) is 39.5. The molecule has 7 nitrogen and oxygen atoms in total. The number of benzene rings is 1. The molecule has 9 heteroatoms. The molecule has 4 saturated carbocycles. The molecule has 0 spiro atoms. The van der Waals surface area contributed by atoms with E-state index in [9.17, 15) is 23.2 Å². The molecule has 2 atom stereocenters. The highest BCUT2D eigenvalue weighted by Gasteiger charge is 2.59. The lowest BCUT2D eigenvalue weighted by Crippen LogP contribution is -2.66. The van der Waals surface area contributed by atoms with Gasteiger partial charge in [-0.05, 0) is 94.4 Å². The summed E-state index contributed by atoms with van der Waals surface area (Å²) < 4.78 is 28.1. The second-order valence-electron chi connectivity index (χ2n) is 12.4. The SMILES string of the molecule is CC(C)(C(=O)NC1C2CC3CC1CC(C(=O)NCc1ccc(C(=O)O)cc1)(C3)C2)N1CCCC(F)(F)C1. The molecule has 3 N–H and O–H groups in total. The van der Waals surface area contributed by atoms with Crippen LogP contribution in [0, 0.1) is 23.2 Å². The Bertz CT molecular complexity index is 1060. The van der Waals surface area contributed by atoms with E-state index < -0.39 is 29.4 Å². The first-order valence-corrected chi connectivity index (χ1v) is 13.4. The normalized spacial score (nSPS) is 32.6. The van der Waals surface area contributed by atoms with Crippen LogP contribution in [0.2, 0.25) is 0 Å². The van der Waals surface area contributed by atoms with Gasteiger partial charge >= 0.3 is 5.97 Å². The maximum absolute atomic E-state index is 14.0. The van der Waals surface area contributed by atoms with Crippen molar-refractivity contribution in [2.45, 2.75) is 82.8 Å². The fourth-order valence-electron chi connectivity index (χ4n) is 7.59. The Hall–Kier alpha value is -2.55. The summed E-state index contributed by atoms with van der Waals surface area (Å²) in [6.45, 7) is 3.90. The maximum atomic E-state index is 14.0. The number of likely N-dealkylation sites (tertiary alicyclic amines) is 1. The topological polar surface area (TPSA) is 98.7 Å². The number of hydrogen-bond acceptors (Lipinski definition) is 4. The number of rotatable bonds is 7. The molecule has 0 aromatic heterocycles. The average Bonchev–Trinajstić information content (AvgIpc) is 2.83. The summed E-state index contributed by atoms with van der Waals surface area (Å²) >= 11 is 0. The summed E-state index contributed by atoms with van der Waals surface area (Å²) in [5.74, 6) is -3.05. The zero-order chi connectivity index (χ0) is 26.6. The fourth-order valence-corrected chi connectivity index (χ4v) is 7.59. The molecule has 202 valence electrons. The second-order valence-corrected chi connectivity index (χ2v) is 12.4. The molecule has 4 bridgehead atoms. The lowest BCUT2D eigenvalue weighted by atomic mass is 9.47. The van der Waals surface area contributed by atoms with E-state index >= 15 is 0 Å². The first kappa shape index (κ1) is 26.1. The van der Waals surface area contributed by atoms with E-state index in [1.54, 1.807) is 30.9 Å². The number of amides is 2. The average molecular weight is 518 g/mol. The summed E-state index contributed by atoms with van der Waals surface area (Å²) in [7, 11) is 0. The van der Waals surface area contributed by atoms with Gasteiger partial charge in [0.1, 0.15) is 0 Å². The summed E-state index contributed by atoms with van der Waals surface area (Å²) in [5, 5.41) is 15.4. The third-order valence-corrected chi connectivity index (χ3v) is 9.45. The first-order chi connectivity index (χ1) is 17.4. The van der Waals surface area contributed by atoms with Crippen molar-refractivity contribution in [2.75, 3.05) is 13.1 Å². The third-order valence-electron chi connectivity index (χ3n) is 9.45. The van der Waals surface area contributed by atoms with Gasteiger partial charge in [-0.2, -0.15) is 0 Å². The number of nitrogens with zero attached hydrogens (tertiary/aromatic N) is 1. The smallest absolute Gasteiger partial charge is 0.335 e. The summed E-state index contributed by atoms with van der Waals surface area (Å²) in [5.41, 5.74) is -0.410. The molecule has 1 aliphatic heterocycles. The number of carbonyl (C=O) groups is 3. The van der Waals surface area contributed by atoms with Gasteiger partial charge < -0.3 is 15.7 Å². The van der Waals surface area contributed by atoms with Crippen LogP contribution in [0.1, 0.15) is 74.7 Å². The van der Waals surface area contributed by atoms with Gasteiger partial charge in [-0.15, -0.1) is 0 Å². The first-order valence-electron chi connectivity index (χ1n) is 13.4. The highest BCUT2D eigenvalue weighted by molar-refractivity contribution is 5.88. The van der Waals surface area contributed by atoms with E-state index in [-0.39, 0.29) is 41.7 Å². The summed E-state index contributed by atoms with van der Waals surface area (Å²) in [6.07, 6.45) is 4.51. The molecule has 5 fully saturated rings. The molecular weight excluding hydrogens is 480 g/mol. The van der Waals surface area contributed by atoms with Crippen molar-refractivity contribution < 1.29 is 28.3 Å². The monoisotopic (exact) mass is 517 g/mol. The van der Waals surface area contributed by atoms with Gasteiger partial charge in [-0.1, -0.05) is 12.1 Å². The Morgan fingerprint density at radius 2 is 1.73 bits per heavy atom. The minimum Gasteiger partial charge on any atom is -0.478 e. The Morgan fingerprint density at radius 3 is 2.32 bits per heavy atom. The number of carbonyl (C=O) groups excluding carboxylic acids is 2. The number of nitrogens with one attached hydrogen (secondary N) is 2. The van der Waals surface area contributed by atoms with E-state index in [0.717, 1.165) is 37.7 Å². The van der Waals surface area contributed by atoms with Crippen molar-refractivity contribution in [1.82, 2.24) is 15.5 Å². The van der Waals surface area contributed by atoms with Gasteiger partial charge in [0.25, 0.3) is 5.92 Å². The maximum Gasteiger partial charge on any atom is 0.335 e. The molecule has 1 heterocycles. The lowest BCUT2D eigenvalue weighted by molar-refractivity contribution is -0.153.